The van der Waals surface area contributed by atoms with E-state index >= 15 is 0 Å². The van der Waals surface area contributed by atoms with E-state index in [0.29, 0.717) is 24.5 Å². The van der Waals surface area contributed by atoms with Gasteiger partial charge in [0, 0.05) is 37.8 Å². The van der Waals surface area contributed by atoms with Crippen molar-refractivity contribution in [1.29, 1.82) is 0 Å². The lowest BCUT2D eigenvalue weighted by Crippen LogP contribution is -2.43. The van der Waals surface area contributed by atoms with Crippen molar-refractivity contribution in [3.05, 3.63) is 17.6 Å². The monoisotopic (exact) mass is 319 g/mol. The smallest absolute Gasteiger partial charge is 0.259 e. The maximum absolute atomic E-state index is 12.8. The van der Waals surface area contributed by atoms with Crippen molar-refractivity contribution in [1.82, 2.24) is 14.9 Å². The van der Waals surface area contributed by atoms with E-state index in [1.165, 1.54) is 0 Å². The molecule has 0 radical (unpaired) electrons. The number of aromatic nitrogens is 2. The van der Waals surface area contributed by atoms with Gasteiger partial charge < -0.3 is 16.0 Å². The summed E-state index contributed by atoms with van der Waals surface area (Å²) in [5.74, 6) is 1.67. The molecule has 1 aromatic rings. The van der Waals surface area contributed by atoms with Gasteiger partial charge in [-0.1, -0.05) is 27.2 Å². The normalized spacial score (nSPS) is 16.0. The summed E-state index contributed by atoms with van der Waals surface area (Å²) in [5, 5.41) is 3.31. The number of nitrogens with zero attached hydrogens (tertiary/aromatic N) is 3. The maximum Gasteiger partial charge on any atom is 0.259 e. The lowest BCUT2D eigenvalue weighted by molar-refractivity contribution is 0.0715. The molecule has 1 aliphatic heterocycles. The number of carbonyl (C=O) groups excluding carboxylic acids is 1. The molecule has 1 fully saturated rings. The van der Waals surface area contributed by atoms with E-state index in [2.05, 4.69) is 36.1 Å². The fourth-order valence-electron chi connectivity index (χ4n) is 2.62. The molecule has 1 amide bonds. The van der Waals surface area contributed by atoms with Crippen LogP contribution in [0.1, 0.15) is 68.6 Å². The lowest BCUT2D eigenvalue weighted by Gasteiger charge is -2.30. The first-order valence-electron chi connectivity index (χ1n) is 8.68. The van der Waals surface area contributed by atoms with Crippen LogP contribution in [-0.2, 0) is 0 Å². The minimum Gasteiger partial charge on any atom is -0.369 e. The summed E-state index contributed by atoms with van der Waals surface area (Å²) >= 11 is 0. The van der Waals surface area contributed by atoms with E-state index < -0.39 is 0 Å². The van der Waals surface area contributed by atoms with Crippen LogP contribution in [0, 0.1) is 0 Å². The summed E-state index contributed by atoms with van der Waals surface area (Å²) in [6.45, 7) is 8.48. The summed E-state index contributed by atoms with van der Waals surface area (Å²) in [7, 11) is 0. The predicted octanol–water partition coefficient (Wildman–Crippen LogP) is 2.38. The average molecular weight is 319 g/mol. The highest BCUT2D eigenvalue weighted by Gasteiger charge is 2.25. The minimum atomic E-state index is 0.00574. The Kier molecular flexibility index (Phi) is 6.33. The highest BCUT2D eigenvalue weighted by Crippen LogP contribution is 2.20. The molecule has 1 saturated heterocycles. The van der Waals surface area contributed by atoms with Crippen LogP contribution in [-0.4, -0.2) is 46.5 Å². The van der Waals surface area contributed by atoms with Crippen molar-refractivity contribution in [2.75, 3.05) is 25.0 Å². The van der Waals surface area contributed by atoms with Crippen molar-refractivity contribution < 1.29 is 4.79 Å². The second-order valence-corrected chi connectivity index (χ2v) is 6.56. The van der Waals surface area contributed by atoms with E-state index in [0.717, 1.165) is 38.1 Å². The zero-order valence-corrected chi connectivity index (χ0v) is 14.5. The minimum absolute atomic E-state index is 0.00574. The Balaban J connectivity index is 2.19. The Bertz CT molecular complexity index is 524. The molecule has 23 heavy (non-hydrogen) atoms. The molecular weight excluding hydrogens is 290 g/mol. The van der Waals surface area contributed by atoms with Crippen LogP contribution in [0.15, 0.2) is 6.20 Å². The summed E-state index contributed by atoms with van der Waals surface area (Å²) < 4.78 is 0. The van der Waals surface area contributed by atoms with Crippen molar-refractivity contribution in [3.63, 3.8) is 0 Å². The van der Waals surface area contributed by atoms with Gasteiger partial charge >= 0.3 is 0 Å². The SMILES string of the molecule is CCCCNc1nc(C(C)C)ncc1C(=O)N1CCC(N)CC1. The van der Waals surface area contributed by atoms with E-state index in [9.17, 15) is 4.79 Å². The third-order valence-electron chi connectivity index (χ3n) is 4.20. The Morgan fingerprint density at radius 3 is 2.74 bits per heavy atom. The molecular formula is C17H29N5O. The molecule has 0 aromatic carbocycles. The first kappa shape index (κ1) is 17.7. The van der Waals surface area contributed by atoms with Crippen LogP contribution in [0.2, 0.25) is 0 Å². The van der Waals surface area contributed by atoms with Gasteiger partial charge in [0.2, 0.25) is 0 Å². The van der Waals surface area contributed by atoms with Crippen molar-refractivity contribution in [2.24, 2.45) is 5.73 Å². The van der Waals surface area contributed by atoms with Gasteiger partial charge in [0.05, 0.1) is 0 Å². The van der Waals surface area contributed by atoms with Gasteiger partial charge in [-0.05, 0) is 19.3 Å². The van der Waals surface area contributed by atoms with E-state index in [-0.39, 0.29) is 17.9 Å². The molecule has 6 nitrogen and oxygen atoms in total. The van der Waals surface area contributed by atoms with Crippen LogP contribution in [0.3, 0.4) is 0 Å². The Morgan fingerprint density at radius 2 is 2.13 bits per heavy atom. The molecule has 6 heteroatoms. The van der Waals surface area contributed by atoms with Gasteiger partial charge in [0.15, 0.2) is 0 Å². The van der Waals surface area contributed by atoms with Crippen LogP contribution in [0.4, 0.5) is 5.82 Å². The van der Waals surface area contributed by atoms with Crippen molar-refractivity contribution in [2.45, 2.75) is 58.4 Å². The van der Waals surface area contributed by atoms with Gasteiger partial charge in [0.25, 0.3) is 5.91 Å². The highest BCUT2D eigenvalue weighted by molar-refractivity contribution is 5.98. The molecule has 128 valence electrons. The molecule has 2 rings (SSSR count). The molecule has 0 spiro atoms. The number of unbranched alkanes of at least 4 members (excludes halogenated alkanes) is 1. The number of anilines is 1. The second kappa shape index (κ2) is 8.24. The Morgan fingerprint density at radius 1 is 1.43 bits per heavy atom. The Hall–Kier alpha value is -1.69. The molecule has 1 aliphatic rings. The first-order chi connectivity index (χ1) is 11.0. The summed E-state index contributed by atoms with van der Waals surface area (Å²) in [4.78, 5) is 23.6. The summed E-state index contributed by atoms with van der Waals surface area (Å²) in [6, 6.07) is 0.209. The standard InChI is InChI=1S/C17H29N5O/c1-4-5-8-19-16-14(11-20-15(21-16)12(2)3)17(23)22-9-6-13(18)7-10-22/h11-13H,4-10,18H2,1-3H3,(H,19,20,21). The second-order valence-electron chi connectivity index (χ2n) is 6.56. The van der Waals surface area contributed by atoms with E-state index in [1.54, 1.807) is 6.20 Å². The maximum atomic E-state index is 12.8. The first-order valence-corrected chi connectivity index (χ1v) is 8.68. The van der Waals surface area contributed by atoms with Gasteiger partial charge in [-0.2, -0.15) is 0 Å². The van der Waals surface area contributed by atoms with Crippen molar-refractivity contribution >= 4 is 11.7 Å². The third-order valence-corrected chi connectivity index (χ3v) is 4.20. The number of piperidine rings is 1. The number of hydrogen-bond acceptors (Lipinski definition) is 5. The largest absolute Gasteiger partial charge is 0.369 e. The van der Waals surface area contributed by atoms with Gasteiger partial charge in [-0.3, -0.25) is 4.79 Å². The molecule has 0 bridgehead atoms. The van der Waals surface area contributed by atoms with Crippen LogP contribution in [0.5, 0.6) is 0 Å². The molecule has 0 saturated carbocycles. The van der Waals surface area contributed by atoms with Gasteiger partial charge in [-0.15, -0.1) is 0 Å². The van der Waals surface area contributed by atoms with Gasteiger partial charge in [0.1, 0.15) is 17.2 Å². The summed E-state index contributed by atoms with van der Waals surface area (Å²) in [6.07, 6.45) is 5.54. The predicted molar refractivity (Wildman–Crippen MR) is 92.6 cm³/mol. The number of rotatable bonds is 6. The highest BCUT2D eigenvalue weighted by atomic mass is 16.2. The lowest BCUT2D eigenvalue weighted by atomic mass is 10.1. The summed E-state index contributed by atoms with van der Waals surface area (Å²) in [5.41, 5.74) is 6.50. The number of nitrogens with two attached hydrogens (primary N) is 1. The molecule has 3 N–H and O–H groups in total. The van der Waals surface area contributed by atoms with E-state index in [4.69, 9.17) is 5.73 Å². The molecule has 0 aliphatic carbocycles. The molecule has 0 atom stereocenters. The van der Waals surface area contributed by atoms with Crippen molar-refractivity contribution in [3.8, 4) is 0 Å². The van der Waals surface area contributed by atoms with Crippen LogP contribution < -0.4 is 11.1 Å². The fraction of sp³-hybridized carbons (Fsp3) is 0.706. The number of carbonyl (C=O) groups is 1. The van der Waals surface area contributed by atoms with Crippen LogP contribution in [0.25, 0.3) is 0 Å². The number of amides is 1. The van der Waals surface area contributed by atoms with Gasteiger partial charge in [-0.25, -0.2) is 9.97 Å². The number of hydrogen-bond donors (Lipinski definition) is 2. The quantitative estimate of drug-likeness (QED) is 0.786. The molecule has 0 unspecified atom stereocenters. The zero-order chi connectivity index (χ0) is 16.8. The topological polar surface area (TPSA) is 84.1 Å². The van der Waals surface area contributed by atoms with Crippen LogP contribution >= 0.6 is 0 Å². The molecule has 1 aromatic heterocycles. The third kappa shape index (κ3) is 4.64. The average Bonchev–Trinajstić information content (AvgIpc) is 2.55. The number of likely N-dealkylation sites (tertiary alicyclic amines) is 1. The van der Waals surface area contributed by atoms with E-state index in [1.807, 2.05) is 4.90 Å². The molecule has 2 heterocycles. The fourth-order valence-corrected chi connectivity index (χ4v) is 2.62. The Labute approximate surface area is 138 Å². The zero-order valence-electron chi connectivity index (χ0n) is 14.5. The number of nitrogens with one attached hydrogen (secondary N) is 1.